The van der Waals surface area contributed by atoms with Gasteiger partial charge in [0, 0.05) is 37.6 Å². The predicted octanol–water partition coefficient (Wildman–Crippen LogP) is 2.04. The summed E-state index contributed by atoms with van der Waals surface area (Å²) in [5.41, 5.74) is 0.821. The van der Waals surface area contributed by atoms with Crippen LogP contribution in [0, 0.1) is 0 Å². The van der Waals surface area contributed by atoms with E-state index in [-0.39, 0.29) is 24.0 Å². The number of nitrogens with one attached hydrogen (secondary N) is 2. The smallest absolute Gasteiger partial charge is 0.228 e. The standard InChI is InChI=1S/C16H19ClN8O.HI/c1-18-16(20-9-13-21-10-22-25(13)2)19-7-6-14-23-15(24-26-14)11-4-3-5-12(17)8-11;/h3-5,8,10H,6-7,9H2,1-2H3,(H2,18,19,20);1H. The van der Waals surface area contributed by atoms with Gasteiger partial charge in [0.2, 0.25) is 11.7 Å². The second-order valence-electron chi connectivity index (χ2n) is 5.42. The third-order valence-corrected chi connectivity index (χ3v) is 3.86. The normalized spacial score (nSPS) is 11.1. The molecule has 0 aliphatic rings. The highest BCUT2D eigenvalue weighted by molar-refractivity contribution is 14.0. The number of guanidine groups is 1. The Hall–Kier alpha value is -2.21. The third-order valence-electron chi connectivity index (χ3n) is 3.62. The molecule has 0 atom stereocenters. The summed E-state index contributed by atoms with van der Waals surface area (Å²) in [6.07, 6.45) is 2.08. The number of hydrogen-bond donors (Lipinski definition) is 2. The number of halogens is 2. The van der Waals surface area contributed by atoms with Gasteiger partial charge in [-0.3, -0.25) is 9.67 Å². The molecule has 2 N–H and O–H groups in total. The molecule has 0 bridgehead atoms. The van der Waals surface area contributed by atoms with Gasteiger partial charge in [-0.15, -0.1) is 24.0 Å². The van der Waals surface area contributed by atoms with Crippen LogP contribution in [0.15, 0.2) is 40.1 Å². The Morgan fingerprint density at radius 3 is 2.89 bits per heavy atom. The van der Waals surface area contributed by atoms with Crippen LogP contribution in [0.1, 0.15) is 11.7 Å². The van der Waals surface area contributed by atoms with Crippen LogP contribution in [0.25, 0.3) is 11.4 Å². The molecule has 11 heteroatoms. The summed E-state index contributed by atoms with van der Waals surface area (Å²) >= 11 is 5.99. The van der Waals surface area contributed by atoms with E-state index in [1.54, 1.807) is 23.9 Å². The summed E-state index contributed by atoms with van der Waals surface area (Å²) < 4.78 is 6.99. The van der Waals surface area contributed by atoms with Crippen molar-refractivity contribution in [2.24, 2.45) is 12.0 Å². The highest BCUT2D eigenvalue weighted by Gasteiger charge is 2.09. The Morgan fingerprint density at radius 1 is 1.33 bits per heavy atom. The van der Waals surface area contributed by atoms with Crippen molar-refractivity contribution in [1.29, 1.82) is 0 Å². The Labute approximate surface area is 178 Å². The van der Waals surface area contributed by atoms with Gasteiger partial charge in [-0.2, -0.15) is 10.1 Å². The van der Waals surface area contributed by atoms with E-state index in [0.717, 1.165) is 11.4 Å². The van der Waals surface area contributed by atoms with Crippen LogP contribution in [0.4, 0.5) is 0 Å². The van der Waals surface area contributed by atoms with Crippen molar-refractivity contribution >= 4 is 41.5 Å². The molecule has 0 radical (unpaired) electrons. The number of benzene rings is 1. The molecule has 0 fully saturated rings. The van der Waals surface area contributed by atoms with Crippen LogP contribution in [0.3, 0.4) is 0 Å². The molecule has 0 saturated carbocycles. The zero-order valence-electron chi connectivity index (χ0n) is 14.9. The second-order valence-corrected chi connectivity index (χ2v) is 5.86. The fourth-order valence-corrected chi connectivity index (χ4v) is 2.44. The summed E-state index contributed by atoms with van der Waals surface area (Å²) in [7, 11) is 3.54. The second kappa shape index (κ2) is 10.2. The summed E-state index contributed by atoms with van der Waals surface area (Å²) in [4.78, 5) is 12.7. The number of aliphatic imine (C=N–C) groups is 1. The van der Waals surface area contributed by atoms with E-state index in [1.807, 2.05) is 19.2 Å². The van der Waals surface area contributed by atoms with Gasteiger partial charge < -0.3 is 15.2 Å². The van der Waals surface area contributed by atoms with E-state index in [9.17, 15) is 0 Å². The predicted molar refractivity (Wildman–Crippen MR) is 113 cm³/mol. The largest absolute Gasteiger partial charge is 0.356 e. The van der Waals surface area contributed by atoms with Gasteiger partial charge in [0.05, 0.1) is 6.54 Å². The minimum Gasteiger partial charge on any atom is -0.356 e. The topological polar surface area (TPSA) is 106 Å². The molecule has 0 aliphatic heterocycles. The first kappa shape index (κ1) is 21.1. The summed E-state index contributed by atoms with van der Waals surface area (Å²) in [6, 6.07) is 7.33. The molecular weight excluding hydrogens is 483 g/mol. The van der Waals surface area contributed by atoms with Crippen LogP contribution in [-0.4, -0.2) is 44.5 Å². The average Bonchev–Trinajstić information content (AvgIpc) is 3.27. The van der Waals surface area contributed by atoms with E-state index in [2.05, 4.69) is 35.8 Å². The summed E-state index contributed by atoms with van der Waals surface area (Å²) in [5, 5.41) is 15.0. The Kier molecular flexibility index (Phi) is 7.98. The van der Waals surface area contributed by atoms with Gasteiger partial charge in [0.1, 0.15) is 12.2 Å². The molecule has 0 aliphatic carbocycles. The van der Waals surface area contributed by atoms with Gasteiger partial charge in [-0.1, -0.05) is 28.9 Å². The minimum atomic E-state index is 0. The number of aromatic nitrogens is 5. The van der Waals surface area contributed by atoms with E-state index in [4.69, 9.17) is 16.1 Å². The van der Waals surface area contributed by atoms with Crippen LogP contribution >= 0.6 is 35.6 Å². The first-order valence-electron chi connectivity index (χ1n) is 8.01. The molecule has 3 aromatic rings. The zero-order valence-corrected chi connectivity index (χ0v) is 18.0. The van der Waals surface area contributed by atoms with Crippen LogP contribution in [-0.2, 0) is 20.0 Å². The highest BCUT2D eigenvalue weighted by atomic mass is 127. The van der Waals surface area contributed by atoms with E-state index >= 15 is 0 Å². The van der Waals surface area contributed by atoms with E-state index in [1.165, 1.54) is 6.33 Å². The lowest BCUT2D eigenvalue weighted by Crippen LogP contribution is -2.38. The maximum Gasteiger partial charge on any atom is 0.228 e. The van der Waals surface area contributed by atoms with Crippen molar-refractivity contribution in [3.8, 4) is 11.4 Å². The lowest BCUT2D eigenvalue weighted by atomic mass is 10.2. The summed E-state index contributed by atoms with van der Waals surface area (Å²) in [5.74, 6) is 2.53. The number of hydrogen-bond acceptors (Lipinski definition) is 6. The van der Waals surface area contributed by atoms with Gasteiger partial charge in [-0.05, 0) is 12.1 Å². The van der Waals surface area contributed by atoms with Crippen LogP contribution in [0.2, 0.25) is 5.02 Å². The Bertz CT molecular complexity index is 894. The van der Waals surface area contributed by atoms with Crippen LogP contribution in [0.5, 0.6) is 0 Å². The van der Waals surface area contributed by atoms with E-state index < -0.39 is 0 Å². The fraction of sp³-hybridized carbons (Fsp3) is 0.312. The first-order chi connectivity index (χ1) is 12.7. The number of aryl methyl sites for hydroxylation is 1. The van der Waals surface area contributed by atoms with Crippen molar-refractivity contribution < 1.29 is 4.52 Å². The van der Waals surface area contributed by atoms with Crippen molar-refractivity contribution in [3.63, 3.8) is 0 Å². The van der Waals surface area contributed by atoms with Gasteiger partial charge in [-0.25, -0.2) is 4.98 Å². The van der Waals surface area contributed by atoms with Gasteiger partial charge in [0.25, 0.3) is 0 Å². The molecule has 0 unspecified atom stereocenters. The molecule has 3 rings (SSSR count). The molecule has 27 heavy (non-hydrogen) atoms. The molecule has 0 saturated heterocycles. The molecule has 0 spiro atoms. The SMILES string of the molecule is CN=C(NCCc1nc(-c2cccc(Cl)c2)no1)NCc1ncnn1C.I. The molecular formula is C16H20ClIN8O. The maximum atomic E-state index is 5.99. The molecule has 1 aromatic carbocycles. The summed E-state index contributed by atoms with van der Waals surface area (Å²) in [6.45, 7) is 1.12. The number of nitrogens with zero attached hydrogens (tertiary/aromatic N) is 6. The van der Waals surface area contributed by atoms with Gasteiger partial charge in [0.15, 0.2) is 5.96 Å². The maximum absolute atomic E-state index is 5.99. The zero-order chi connectivity index (χ0) is 18.4. The Balaban J connectivity index is 0.00000261. The Morgan fingerprint density at radius 2 is 2.19 bits per heavy atom. The molecule has 2 heterocycles. The molecule has 9 nitrogen and oxygen atoms in total. The van der Waals surface area contributed by atoms with Crippen molar-refractivity contribution in [2.75, 3.05) is 13.6 Å². The quantitative estimate of drug-likeness (QED) is 0.302. The lowest BCUT2D eigenvalue weighted by molar-refractivity contribution is 0.378. The number of rotatable bonds is 6. The average molecular weight is 503 g/mol. The van der Waals surface area contributed by atoms with E-state index in [0.29, 0.717) is 42.2 Å². The monoisotopic (exact) mass is 502 g/mol. The van der Waals surface area contributed by atoms with Crippen molar-refractivity contribution in [1.82, 2.24) is 35.5 Å². The lowest BCUT2D eigenvalue weighted by Gasteiger charge is -2.10. The van der Waals surface area contributed by atoms with Crippen molar-refractivity contribution in [3.05, 3.63) is 47.3 Å². The van der Waals surface area contributed by atoms with Gasteiger partial charge >= 0.3 is 0 Å². The molecule has 144 valence electrons. The third kappa shape index (κ3) is 5.89. The molecule has 0 amide bonds. The fourth-order valence-electron chi connectivity index (χ4n) is 2.25. The van der Waals surface area contributed by atoms with Crippen LogP contribution < -0.4 is 10.6 Å². The molecule has 2 aromatic heterocycles. The van der Waals surface area contributed by atoms with Crippen molar-refractivity contribution in [2.45, 2.75) is 13.0 Å². The first-order valence-corrected chi connectivity index (χ1v) is 8.39. The highest BCUT2D eigenvalue weighted by Crippen LogP contribution is 2.19. The minimum absolute atomic E-state index is 0.